The summed E-state index contributed by atoms with van der Waals surface area (Å²) >= 11 is 0. The summed E-state index contributed by atoms with van der Waals surface area (Å²) in [6, 6.07) is 10.2. The second-order valence-corrected chi connectivity index (χ2v) is 11.0. The zero-order chi connectivity index (χ0) is 28.3. The van der Waals surface area contributed by atoms with Gasteiger partial charge in [-0.3, -0.25) is 0 Å². The number of hydrogen-bond donors (Lipinski definition) is 1. The van der Waals surface area contributed by atoms with Crippen LogP contribution in [0, 0.1) is 0 Å². The molecule has 5 heterocycles. The Bertz CT molecular complexity index is 1600. The van der Waals surface area contributed by atoms with Crippen molar-refractivity contribution in [3.05, 3.63) is 65.7 Å². The number of carboxylic acids is 1. The molecular weight excluding hydrogens is 541 g/mol. The van der Waals surface area contributed by atoms with Crippen molar-refractivity contribution in [2.24, 2.45) is 0 Å². The van der Waals surface area contributed by atoms with Gasteiger partial charge < -0.3 is 24.0 Å². The Kier molecular flexibility index (Phi) is 6.18. The van der Waals surface area contributed by atoms with Gasteiger partial charge in [-0.1, -0.05) is 17.3 Å². The number of carbonyl (C=O) groups is 1. The summed E-state index contributed by atoms with van der Waals surface area (Å²) in [4.78, 5) is 14.0. The molecule has 4 aromatic rings. The van der Waals surface area contributed by atoms with Crippen molar-refractivity contribution in [3.8, 4) is 17.0 Å². The summed E-state index contributed by atoms with van der Waals surface area (Å²) in [5.41, 5.74) is 2.88. The van der Waals surface area contributed by atoms with Crippen LogP contribution in [0.15, 0.2) is 53.3 Å². The van der Waals surface area contributed by atoms with Crippen molar-refractivity contribution in [2.45, 2.75) is 75.6 Å². The monoisotopic (exact) mass is 568 g/mol. The van der Waals surface area contributed by atoms with Gasteiger partial charge in [-0.2, -0.15) is 5.10 Å². The van der Waals surface area contributed by atoms with Crippen molar-refractivity contribution >= 4 is 17.2 Å². The molecule has 3 atom stereocenters. The van der Waals surface area contributed by atoms with Crippen LogP contribution in [0.25, 0.3) is 16.8 Å². The Labute approximate surface area is 232 Å². The van der Waals surface area contributed by atoms with Gasteiger partial charge in [0.15, 0.2) is 0 Å². The van der Waals surface area contributed by atoms with E-state index in [1.165, 1.54) is 18.3 Å². The predicted molar refractivity (Wildman–Crippen MR) is 140 cm³/mol. The number of pyridine rings is 1. The minimum Gasteiger partial charge on any atom is -0.478 e. The maximum Gasteiger partial charge on any atom is 0.573 e. The van der Waals surface area contributed by atoms with Crippen LogP contribution in [-0.4, -0.2) is 50.4 Å². The molecule has 7 rings (SSSR count). The first kappa shape index (κ1) is 25.9. The average molecular weight is 569 g/mol. The molecule has 1 aromatic carbocycles. The van der Waals surface area contributed by atoms with Crippen molar-refractivity contribution in [2.75, 3.05) is 4.90 Å². The van der Waals surface area contributed by atoms with E-state index in [0.29, 0.717) is 22.5 Å². The molecule has 2 aliphatic heterocycles. The van der Waals surface area contributed by atoms with E-state index in [-0.39, 0.29) is 47.6 Å². The van der Waals surface area contributed by atoms with Gasteiger partial charge in [-0.25, -0.2) is 9.31 Å². The smallest absolute Gasteiger partial charge is 0.478 e. The minimum atomic E-state index is -4.83. The number of anilines is 1. The Morgan fingerprint density at radius 1 is 1.10 bits per heavy atom. The SMILES string of the molecule is O=C(O)c1cnn2ccc(N3C4CC[C@H]3CC(OCc3c(-c5ccccc5OC(F)(F)F)noc3C3CC3)C4)cc12. The lowest BCUT2D eigenvalue weighted by atomic mass is 9.98. The number of ether oxygens (including phenoxy) is 2. The highest BCUT2D eigenvalue weighted by Gasteiger charge is 2.42. The van der Waals surface area contributed by atoms with Crippen LogP contribution in [0.4, 0.5) is 18.9 Å². The van der Waals surface area contributed by atoms with E-state index in [1.807, 2.05) is 12.1 Å². The first-order chi connectivity index (χ1) is 19.7. The molecule has 3 aromatic heterocycles. The number of rotatable bonds is 8. The van der Waals surface area contributed by atoms with Gasteiger partial charge in [0.25, 0.3) is 0 Å². The van der Waals surface area contributed by atoms with Gasteiger partial charge in [0, 0.05) is 41.0 Å². The van der Waals surface area contributed by atoms with Gasteiger partial charge in [-0.15, -0.1) is 13.2 Å². The fraction of sp³-hybridized carbons (Fsp3) is 0.414. The van der Waals surface area contributed by atoms with E-state index in [0.717, 1.165) is 44.2 Å². The lowest BCUT2D eigenvalue weighted by Gasteiger charge is -2.40. The number of hydrogen-bond acceptors (Lipinski definition) is 7. The molecule has 2 saturated heterocycles. The Morgan fingerprint density at radius 2 is 1.85 bits per heavy atom. The van der Waals surface area contributed by atoms with Crippen LogP contribution in [-0.2, 0) is 11.3 Å². The summed E-state index contributed by atoms with van der Waals surface area (Å²) in [6.45, 7) is 0.179. The molecule has 1 N–H and O–H groups in total. The Hall–Kier alpha value is -4.06. The normalized spacial score (nSPS) is 22.4. The third-order valence-electron chi connectivity index (χ3n) is 8.32. The number of fused-ring (bicyclic) bond motifs is 3. The maximum atomic E-state index is 13.1. The second kappa shape index (κ2) is 9.79. The summed E-state index contributed by atoms with van der Waals surface area (Å²) in [5.74, 6) is -0.480. The number of halogens is 3. The quantitative estimate of drug-likeness (QED) is 0.269. The van der Waals surface area contributed by atoms with E-state index in [2.05, 4.69) is 19.9 Å². The fourth-order valence-corrected chi connectivity index (χ4v) is 6.40. The van der Waals surface area contributed by atoms with Crippen molar-refractivity contribution in [1.29, 1.82) is 0 Å². The van der Waals surface area contributed by atoms with Crippen molar-refractivity contribution < 1.29 is 37.1 Å². The zero-order valence-corrected chi connectivity index (χ0v) is 21.9. The molecule has 3 fully saturated rings. The zero-order valence-electron chi connectivity index (χ0n) is 21.9. The van der Waals surface area contributed by atoms with Crippen LogP contribution in [0.2, 0.25) is 0 Å². The largest absolute Gasteiger partial charge is 0.573 e. The van der Waals surface area contributed by atoms with Crippen LogP contribution < -0.4 is 9.64 Å². The first-order valence-electron chi connectivity index (χ1n) is 13.7. The molecule has 0 spiro atoms. The average Bonchev–Trinajstić information content (AvgIpc) is 3.44. The molecule has 2 bridgehead atoms. The number of piperidine rings is 1. The molecule has 214 valence electrons. The van der Waals surface area contributed by atoms with Crippen LogP contribution in [0.3, 0.4) is 0 Å². The van der Waals surface area contributed by atoms with E-state index in [9.17, 15) is 23.1 Å². The van der Waals surface area contributed by atoms with E-state index in [4.69, 9.17) is 9.26 Å². The van der Waals surface area contributed by atoms with Crippen LogP contribution >= 0.6 is 0 Å². The number of aromatic carboxylic acids is 1. The number of para-hydroxylation sites is 1. The molecule has 12 heteroatoms. The van der Waals surface area contributed by atoms with Gasteiger partial charge >= 0.3 is 12.3 Å². The molecule has 1 saturated carbocycles. The van der Waals surface area contributed by atoms with E-state index >= 15 is 0 Å². The summed E-state index contributed by atoms with van der Waals surface area (Å²) in [5, 5.41) is 17.8. The lowest BCUT2D eigenvalue weighted by Crippen LogP contribution is -2.45. The Morgan fingerprint density at radius 3 is 2.56 bits per heavy atom. The molecule has 0 amide bonds. The molecule has 1 aliphatic carbocycles. The fourth-order valence-electron chi connectivity index (χ4n) is 6.40. The molecular formula is C29H27F3N4O5. The summed E-state index contributed by atoms with van der Waals surface area (Å²) < 4.78 is 57.2. The standard InChI is InChI=1S/C29H27F3N4O5/c30-29(31,32)40-25-4-2-1-3-21(25)26-23(27(41-34-26)16-5-6-16)15-39-20-11-17-7-8-18(12-20)36(17)19-9-10-35-24(13-19)22(14-33-35)28(37)38/h1-4,9-10,13-14,16-18,20H,5-8,11-12,15H2,(H,37,38)/t17-,18?,20?/m0/s1. The lowest BCUT2D eigenvalue weighted by molar-refractivity contribution is -0.274. The molecule has 2 unspecified atom stereocenters. The number of nitrogens with zero attached hydrogens (tertiary/aromatic N) is 4. The molecule has 3 aliphatic rings. The molecule has 0 radical (unpaired) electrons. The van der Waals surface area contributed by atoms with Gasteiger partial charge in [0.2, 0.25) is 0 Å². The number of benzene rings is 1. The second-order valence-electron chi connectivity index (χ2n) is 11.0. The van der Waals surface area contributed by atoms with Crippen LogP contribution in [0.5, 0.6) is 5.75 Å². The number of carboxylic acid groups (broad SMARTS) is 1. The number of aromatic nitrogens is 3. The van der Waals surface area contributed by atoms with Crippen molar-refractivity contribution in [1.82, 2.24) is 14.8 Å². The topological polar surface area (TPSA) is 102 Å². The molecule has 41 heavy (non-hydrogen) atoms. The van der Waals surface area contributed by atoms with E-state index < -0.39 is 12.3 Å². The predicted octanol–water partition coefficient (Wildman–Crippen LogP) is 6.18. The summed E-state index contributed by atoms with van der Waals surface area (Å²) in [7, 11) is 0. The van der Waals surface area contributed by atoms with Gasteiger partial charge in [-0.05, 0) is 62.8 Å². The first-order valence-corrected chi connectivity index (χ1v) is 13.7. The highest BCUT2D eigenvalue weighted by atomic mass is 19.4. The minimum absolute atomic E-state index is 0.0477. The highest BCUT2D eigenvalue weighted by molar-refractivity contribution is 5.96. The third kappa shape index (κ3) is 4.90. The maximum absolute atomic E-state index is 13.1. The molecule has 9 nitrogen and oxygen atoms in total. The van der Waals surface area contributed by atoms with Gasteiger partial charge in [0.05, 0.1) is 24.4 Å². The third-order valence-corrected chi connectivity index (χ3v) is 8.32. The van der Waals surface area contributed by atoms with E-state index in [1.54, 1.807) is 22.8 Å². The number of alkyl halides is 3. The summed E-state index contributed by atoms with van der Waals surface area (Å²) in [6.07, 6.45) is 3.69. The van der Waals surface area contributed by atoms with Crippen molar-refractivity contribution in [3.63, 3.8) is 0 Å². The Balaban J connectivity index is 1.10. The van der Waals surface area contributed by atoms with Crippen LogP contribution in [0.1, 0.15) is 66.1 Å². The van der Waals surface area contributed by atoms with Gasteiger partial charge in [0.1, 0.15) is 22.8 Å². The highest BCUT2D eigenvalue weighted by Crippen LogP contribution is 2.46.